The lowest BCUT2D eigenvalue weighted by Crippen LogP contribution is -2.01. The Labute approximate surface area is 104 Å². The minimum Gasteiger partial charge on any atom is -0.487 e. The van der Waals surface area contributed by atoms with Crippen LogP contribution in [0.2, 0.25) is 0 Å². The first-order chi connectivity index (χ1) is 8.65. The molecule has 0 heterocycles. The predicted molar refractivity (Wildman–Crippen MR) is 64.1 cm³/mol. The predicted octanol–water partition coefficient (Wildman–Crippen LogP) is 2.67. The van der Waals surface area contributed by atoms with Crippen LogP contribution in [0, 0.1) is 15.9 Å². The normalized spacial score (nSPS) is 10.3. The van der Waals surface area contributed by atoms with Gasteiger partial charge in [0.15, 0.2) is 5.75 Å². The monoisotopic (exact) mass is 257 g/mol. The molecule has 0 atom stereocenters. The van der Waals surface area contributed by atoms with Gasteiger partial charge in [0, 0.05) is 18.7 Å². The minimum atomic E-state index is -0.597. The highest BCUT2D eigenvalue weighted by molar-refractivity contribution is 5.46. The molecule has 0 unspecified atom stereocenters. The van der Waals surface area contributed by atoms with Gasteiger partial charge in [0.2, 0.25) is 0 Å². The van der Waals surface area contributed by atoms with E-state index in [-0.39, 0.29) is 18.0 Å². The van der Waals surface area contributed by atoms with Crippen LogP contribution in [0.25, 0.3) is 0 Å². The Morgan fingerprint density at radius 3 is 2.67 bits per heavy atom. The molecule has 1 rings (SSSR count). The molecule has 5 nitrogen and oxygen atoms in total. The summed E-state index contributed by atoms with van der Waals surface area (Å²) in [4.78, 5) is 10.1. The Hall–Kier alpha value is -1.69. The summed E-state index contributed by atoms with van der Waals surface area (Å²) in [6.45, 7) is 0.464. The summed E-state index contributed by atoms with van der Waals surface area (Å²) in [7, 11) is 0. The first-order valence-electron chi connectivity index (χ1n) is 5.82. The van der Waals surface area contributed by atoms with Crippen molar-refractivity contribution < 1.29 is 19.2 Å². The van der Waals surface area contributed by atoms with Crippen molar-refractivity contribution in [2.24, 2.45) is 0 Å². The number of unbranched alkanes of at least 4 members (excludes halogenated alkanes) is 3. The molecule has 0 fully saturated rings. The third-order valence-corrected chi connectivity index (χ3v) is 2.43. The molecule has 6 heteroatoms. The fourth-order valence-electron chi connectivity index (χ4n) is 1.50. The molecule has 0 aliphatic rings. The lowest BCUT2D eigenvalue weighted by Gasteiger charge is -2.06. The van der Waals surface area contributed by atoms with E-state index in [9.17, 15) is 14.5 Å². The molecule has 0 aromatic heterocycles. The van der Waals surface area contributed by atoms with Crippen molar-refractivity contribution >= 4 is 5.69 Å². The maximum absolute atomic E-state index is 13.0. The van der Waals surface area contributed by atoms with Gasteiger partial charge in [0.25, 0.3) is 0 Å². The lowest BCUT2D eigenvalue weighted by atomic mass is 10.2. The van der Waals surface area contributed by atoms with E-state index in [4.69, 9.17) is 9.84 Å². The van der Waals surface area contributed by atoms with Crippen LogP contribution in [0.1, 0.15) is 25.7 Å². The Morgan fingerprint density at radius 2 is 2.00 bits per heavy atom. The fraction of sp³-hybridized carbons (Fsp3) is 0.500. The fourth-order valence-corrected chi connectivity index (χ4v) is 1.50. The number of hydrogen-bond donors (Lipinski definition) is 1. The highest BCUT2D eigenvalue weighted by Gasteiger charge is 2.15. The number of nitro groups is 1. The summed E-state index contributed by atoms with van der Waals surface area (Å²) in [6, 6.07) is 3.15. The molecule has 18 heavy (non-hydrogen) atoms. The summed E-state index contributed by atoms with van der Waals surface area (Å²) in [6.07, 6.45) is 3.20. The van der Waals surface area contributed by atoms with Crippen molar-refractivity contribution in [2.45, 2.75) is 25.7 Å². The molecule has 0 amide bonds. The molecular formula is C12H16FNO4. The number of nitrogens with zero attached hydrogens (tertiary/aromatic N) is 1. The molecule has 1 aromatic carbocycles. The first kappa shape index (κ1) is 14.4. The quantitative estimate of drug-likeness (QED) is 0.441. The molecule has 0 saturated heterocycles. The second kappa shape index (κ2) is 7.60. The van der Waals surface area contributed by atoms with E-state index in [0.717, 1.165) is 37.5 Å². The number of benzene rings is 1. The van der Waals surface area contributed by atoms with Gasteiger partial charge in [-0.1, -0.05) is 6.42 Å². The van der Waals surface area contributed by atoms with Crippen molar-refractivity contribution in [2.75, 3.05) is 13.2 Å². The van der Waals surface area contributed by atoms with E-state index in [2.05, 4.69) is 0 Å². The zero-order chi connectivity index (χ0) is 13.4. The third kappa shape index (κ3) is 4.67. The average Bonchev–Trinajstić information content (AvgIpc) is 2.33. The molecule has 0 spiro atoms. The molecule has 1 aromatic rings. The highest BCUT2D eigenvalue weighted by atomic mass is 19.1. The summed E-state index contributed by atoms with van der Waals surface area (Å²) < 4.78 is 18.2. The van der Waals surface area contributed by atoms with Gasteiger partial charge in [-0.05, 0) is 25.3 Å². The second-order valence-corrected chi connectivity index (χ2v) is 3.86. The maximum atomic E-state index is 13.0. The topological polar surface area (TPSA) is 72.6 Å². The number of hydrogen-bond acceptors (Lipinski definition) is 4. The van der Waals surface area contributed by atoms with E-state index in [1.54, 1.807) is 0 Å². The molecule has 0 aliphatic heterocycles. The molecule has 0 radical (unpaired) electrons. The minimum absolute atomic E-state index is 0.0397. The molecule has 0 bridgehead atoms. The van der Waals surface area contributed by atoms with Crippen LogP contribution in [0.15, 0.2) is 18.2 Å². The molecule has 0 saturated carbocycles. The van der Waals surface area contributed by atoms with Gasteiger partial charge in [0.1, 0.15) is 5.82 Å². The zero-order valence-corrected chi connectivity index (χ0v) is 9.97. The van der Waals surface area contributed by atoms with E-state index in [0.29, 0.717) is 13.0 Å². The van der Waals surface area contributed by atoms with Crippen LogP contribution in [0.3, 0.4) is 0 Å². The Morgan fingerprint density at radius 1 is 1.28 bits per heavy atom. The van der Waals surface area contributed by atoms with Gasteiger partial charge in [-0.3, -0.25) is 10.1 Å². The number of aliphatic hydroxyl groups is 1. The van der Waals surface area contributed by atoms with Gasteiger partial charge in [0.05, 0.1) is 11.5 Å². The second-order valence-electron chi connectivity index (χ2n) is 3.86. The van der Waals surface area contributed by atoms with Gasteiger partial charge in [-0.2, -0.15) is 0 Å². The lowest BCUT2D eigenvalue weighted by molar-refractivity contribution is -0.385. The zero-order valence-electron chi connectivity index (χ0n) is 9.97. The van der Waals surface area contributed by atoms with Crippen LogP contribution in [-0.2, 0) is 0 Å². The van der Waals surface area contributed by atoms with Crippen molar-refractivity contribution in [3.05, 3.63) is 34.1 Å². The molecule has 0 aliphatic carbocycles. The van der Waals surface area contributed by atoms with Gasteiger partial charge in [-0.25, -0.2) is 4.39 Å². The Kier molecular flexibility index (Phi) is 6.07. The smallest absolute Gasteiger partial charge is 0.311 e. The number of nitro benzene ring substituents is 1. The van der Waals surface area contributed by atoms with Crippen LogP contribution in [0.5, 0.6) is 5.75 Å². The van der Waals surface area contributed by atoms with Crippen LogP contribution in [0.4, 0.5) is 10.1 Å². The summed E-state index contributed by atoms with van der Waals surface area (Å²) in [5.74, 6) is -0.599. The first-order valence-corrected chi connectivity index (χ1v) is 5.82. The van der Waals surface area contributed by atoms with E-state index in [1.165, 1.54) is 0 Å². The maximum Gasteiger partial charge on any atom is 0.311 e. The van der Waals surface area contributed by atoms with Gasteiger partial charge in [-0.15, -0.1) is 0 Å². The van der Waals surface area contributed by atoms with Crippen molar-refractivity contribution in [1.29, 1.82) is 0 Å². The number of aliphatic hydroxyl groups excluding tert-OH is 1. The van der Waals surface area contributed by atoms with Crippen LogP contribution >= 0.6 is 0 Å². The SMILES string of the molecule is O=[N+]([O-])c1ccc(F)cc1OCCCCCCO. The van der Waals surface area contributed by atoms with Crippen LogP contribution < -0.4 is 4.74 Å². The van der Waals surface area contributed by atoms with Gasteiger partial charge >= 0.3 is 5.69 Å². The number of rotatable bonds is 8. The van der Waals surface area contributed by atoms with E-state index < -0.39 is 10.7 Å². The molecular weight excluding hydrogens is 241 g/mol. The summed E-state index contributed by atoms with van der Waals surface area (Å²) >= 11 is 0. The Balaban J connectivity index is 2.45. The molecule has 100 valence electrons. The summed E-state index contributed by atoms with van der Waals surface area (Å²) in [5.41, 5.74) is -0.230. The van der Waals surface area contributed by atoms with Crippen molar-refractivity contribution in [3.8, 4) is 5.75 Å². The van der Waals surface area contributed by atoms with Crippen molar-refractivity contribution in [1.82, 2.24) is 0 Å². The standard InChI is InChI=1S/C12H16FNO4/c13-10-5-6-11(14(16)17)12(9-10)18-8-4-2-1-3-7-15/h5-6,9,15H,1-4,7-8H2. The average molecular weight is 257 g/mol. The largest absolute Gasteiger partial charge is 0.487 e. The molecule has 1 N–H and O–H groups in total. The van der Waals surface area contributed by atoms with E-state index in [1.807, 2.05) is 0 Å². The van der Waals surface area contributed by atoms with Crippen LogP contribution in [-0.4, -0.2) is 23.2 Å². The number of ether oxygens (including phenoxy) is 1. The Bertz CT molecular complexity index is 398. The van der Waals surface area contributed by atoms with Crippen molar-refractivity contribution in [3.63, 3.8) is 0 Å². The third-order valence-electron chi connectivity index (χ3n) is 2.43. The van der Waals surface area contributed by atoms with E-state index >= 15 is 0 Å². The highest BCUT2D eigenvalue weighted by Crippen LogP contribution is 2.27. The van der Waals surface area contributed by atoms with Gasteiger partial charge < -0.3 is 9.84 Å². The number of halogens is 1. The summed E-state index contributed by atoms with van der Waals surface area (Å²) in [5, 5.41) is 19.3.